The molecule has 0 aliphatic carbocycles. The first kappa shape index (κ1) is 15.2. The summed E-state index contributed by atoms with van der Waals surface area (Å²) in [5, 5.41) is 0. The van der Waals surface area contributed by atoms with Gasteiger partial charge in [-0.25, -0.2) is 0 Å². The van der Waals surface area contributed by atoms with Crippen LogP contribution >= 0.6 is 0 Å². The van der Waals surface area contributed by atoms with Gasteiger partial charge in [0.15, 0.2) is 0 Å². The Balaban J connectivity index is 2.37. The lowest BCUT2D eigenvalue weighted by Crippen LogP contribution is -2.17. The van der Waals surface area contributed by atoms with Crippen molar-refractivity contribution in [3.63, 3.8) is 0 Å². The maximum atomic E-state index is 12.6. The third kappa shape index (κ3) is 4.14. The number of alkyl halides is 6. The van der Waals surface area contributed by atoms with Gasteiger partial charge in [-0.2, -0.15) is 13.2 Å². The van der Waals surface area contributed by atoms with Gasteiger partial charge < -0.3 is 4.74 Å². The molecule has 0 aliphatic rings. The van der Waals surface area contributed by atoms with Gasteiger partial charge in [-0.1, -0.05) is 24.3 Å². The maximum Gasteiger partial charge on any atom is 0.573 e. The van der Waals surface area contributed by atoms with Gasteiger partial charge in [0.1, 0.15) is 5.75 Å². The summed E-state index contributed by atoms with van der Waals surface area (Å²) in [5.41, 5.74) is -0.526. The standard InChI is InChI=1S/C14H8F6O/c15-13(16,17)11-5-1-3-9(7-11)10-4-2-6-12(8-10)21-14(18,19)20/h1-8H. The molecule has 0 unspecified atom stereocenters. The van der Waals surface area contributed by atoms with Crippen LogP contribution in [-0.2, 0) is 6.18 Å². The van der Waals surface area contributed by atoms with Gasteiger partial charge >= 0.3 is 12.5 Å². The fourth-order valence-corrected chi connectivity index (χ4v) is 1.75. The zero-order valence-corrected chi connectivity index (χ0v) is 10.3. The summed E-state index contributed by atoms with van der Waals surface area (Å²) in [4.78, 5) is 0. The predicted octanol–water partition coefficient (Wildman–Crippen LogP) is 5.27. The van der Waals surface area contributed by atoms with Crippen LogP contribution < -0.4 is 4.74 Å². The number of ether oxygens (including phenoxy) is 1. The van der Waals surface area contributed by atoms with E-state index in [0.717, 1.165) is 24.3 Å². The molecule has 0 fully saturated rings. The van der Waals surface area contributed by atoms with Crippen molar-refractivity contribution in [1.29, 1.82) is 0 Å². The van der Waals surface area contributed by atoms with Crippen molar-refractivity contribution >= 4 is 0 Å². The molecule has 0 bridgehead atoms. The van der Waals surface area contributed by atoms with Gasteiger partial charge in [-0.3, -0.25) is 0 Å². The number of benzene rings is 2. The van der Waals surface area contributed by atoms with E-state index < -0.39 is 23.9 Å². The molecule has 112 valence electrons. The van der Waals surface area contributed by atoms with Crippen molar-refractivity contribution in [1.82, 2.24) is 0 Å². The Hall–Kier alpha value is -2.18. The van der Waals surface area contributed by atoms with Gasteiger partial charge in [0.25, 0.3) is 0 Å². The highest BCUT2D eigenvalue weighted by Crippen LogP contribution is 2.33. The largest absolute Gasteiger partial charge is 0.573 e. The van der Waals surface area contributed by atoms with Crippen LogP contribution in [0, 0.1) is 0 Å². The zero-order valence-electron chi connectivity index (χ0n) is 10.3. The summed E-state index contributed by atoms with van der Waals surface area (Å²) < 4.78 is 77.9. The van der Waals surface area contributed by atoms with Gasteiger partial charge in [0, 0.05) is 0 Å². The fraction of sp³-hybridized carbons (Fsp3) is 0.143. The van der Waals surface area contributed by atoms with Crippen LogP contribution in [0.4, 0.5) is 26.3 Å². The Labute approximate surface area is 115 Å². The van der Waals surface area contributed by atoms with Crippen molar-refractivity contribution in [2.75, 3.05) is 0 Å². The number of hydrogen-bond donors (Lipinski definition) is 0. The Bertz CT molecular complexity index is 630. The molecule has 7 heteroatoms. The monoisotopic (exact) mass is 306 g/mol. The molecule has 0 atom stereocenters. The molecule has 0 amide bonds. The summed E-state index contributed by atoms with van der Waals surface area (Å²) in [6, 6.07) is 9.10. The molecule has 0 aromatic heterocycles. The second-order valence-corrected chi connectivity index (χ2v) is 4.15. The summed E-state index contributed by atoms with van der Waals surface area (Å²) >= 11 is 0. The Morgan fingerprint density at radius 1 is 0.714 bits per heavy atom. The first-order valence-electron chi connectivity index (χ1n) is 5.68. The van der Waals surface area contributed by atoms with E-state index in [9.17, 15) is 26.3 Å². The average molecular weight is 306 g/mol. The third-order valence-corrected chi connectivity index (χ3v) is 2.59. The van der Waals surface area contributed by atoms with Crippen molar-refractivity contribution in [2.24, 2.45) is 0 Å². The first-order valence-corrected chi connectivity index (χ1v) is 5.68. The summed E-state index contributed by atoms with van der Waals surface area (Å²) in [6.45, 7) is 0. The van der Waals surface area contributed by atoms with Crippen molar-refractivity contribution < 1.29 is 31.1 Å². The summed E-state index contributed by atoms with van der Waals surface area (Å²) in [6.07, 6.45) is -9.37. The smallest absolute Gasteiger partial charge is 0.406 e. The lowest BCUT2D eigenvalue weighted by Gasteiger charge is -2.11. The average Bonchev–Trinajstić information content (AvgIpc) is 2.36. The topological polar surface area (TPSA) is 9.23 Å². The maximum absolute atomic E-state index is 12.6. The van der Waals surface area contributed by atoms with Gasteiger partial charge in [0.05, 0.1) is 5.56 Å². The number of hydrogen-bond acceptors (Lipinski definition) is 1. The van der Waals surface area contributed by atoms with Gasteiger partial charge in [0.2, 0.25) is 0 Å². The highest BCUT2D eigenvalue weighted by molar-refractivity contribution is 5.66. The SMILES string of the molecule is FC(F)(F)Oc1cccc(-c2cccc(C(F)(F)F)c2)c1. The molecule has 2 aromatic rings. The quantitative estimate of drug-likeness (QED) is 0.687. The minimum Gasteiger partial charge on any atom is -0.406 e. The van der Waals surface area contributed by atoms with Crippen LogP contribution in [0.3, 0.4) is 0 Å². The van der Waals surface area contributed by atoms with Crippen molar-refractivity contribution in [2.45, 2.75) is 12.5 Å². The highest BCUT2D eigenvalue weighted by atomic mass is 19.4. The second-order valence-electron chi connectivity index (χ2n) is 4.15. The zero-order chi connectivity index (χ0) is 15.7. The van der Waals surface area contributed by atoms with E-state index in [1.165, 1.54) is 24.3 Å². The molecule has 0 heterocycles. The van der Waals surface area contributed by atoms with Crippen molar-refractivity contribution in [3.8, 4) is 16.9 Å². The molecule has 0 N–H and O–H groups in total. The molecule has 1 nitrogen and oxygen atoms in total. The van der Waals surface area contributed by atoms with Crippen molar-refractivity contribution in [3.05, 3.63) is 54.1 Å². The van der Waals surface area contributed by atoms with E-state index in [-0.39, 0.29) is 11.1 Å². The van der Waals surface area contributed by atoms with E-state index in [4.69, 9.17) is 0 Å². The summed E-state index contributed by atoms with van der Waals surface area (Å²) in [5.74, 6) is -0.489. The van der Waals surface area contributed by atoms with Gasteiger partial charge in [-0.05, 0) is 35.4 Å². The Morgan fingerprint density at radius 2 is 1.29 bits per heavy atom. The third-order valence-electron chi connectivity index (χ3n) is 2.59. The molecule has 0 aliphatic heterocycles. The summed E-state index contributed by atoms with van der Waals surface area (Å²) in [7, 11) is 0. The van der Waals surface area contributed by atoms with Crippen LogP contribution in [0.2, 0.25) is 0 Å². The molecular formula is C14H8F6O. The van der Waals surface area contributed by atoms with Crippen LogP contribution in [-0.4, -0.2) is 6.36 Å². The lowest BCUT2D eigenvalue weighted by molar-refractivity contribution is -0.274. The van der Waals surface area contributed by atoms with Crippen LogP contribution in [0.25, 0.3) is 11.1 Å². The van der Waals surface area contributed by atoms with Crippen LogP contribution in [0.5, 0.6) is 5.75 Å². The second kappa shape index (κ2) is 5.31. The predicted molar refractivity (Wildman–Crippen MR) is 63.6 cm³/mol. The van der Waals surface area contributed by atoms with E-state index in [2.05, 4.69) is 4.74 Å². The van der Waals surface area contributed by atoms with Crippen LogP contribution in [0.1, 0.15) is 5.56 Å². The molecule has 0 saturated carbocycles. The van der Waals surface area contributed by atoms with Gasteiger partial charge in [-0.15, -0.1) is 13.2 Å². The van der Waals surface area contributed by atoms with E-state index in [0.29, 0.717) is 0 Å². The molecule has 21 heavy (non-hydrogen) atoms. The number of rotatable bonds is 2. The normalized spacial score (nSPS) is 12.3. The van der Waals surface area contributed by atoms with E-state index >= 15 is 0 Å². The number of halogens is 6. The minimum atomic E-state index is -4.85. The van der Waals surface area contributed by atoms with Crippen LogP contribution in [0.15, 0.2) is 48.5 Å². The molecule has 0 spiro atoms. The van der Waals surface area contributed by atoms with E-state index in [1.807, 2.05) is 0 Å². The lowest BCUT2D eigenvalue weighted by atomic mass is 10.0. The molecule has 0 saturated heterocycles. The molecule has 0 radical (unpaired) electrons. The fourth-order valence-electron chi connectivity index (χ4n) is 1.75. The first-order chi connectivity index (χ1) is 9.65. The molecule has 2 rings (SSSR count). The Morgan fingerprint density at radius 3 is 1.86 bits per heavy atom. The molecular weight excluding hydrogens is 298 g/mol. The minimum absolute atomic E-state index is 0.150. The highest BCUT2D eigenvalue weighted by Gasteiger charge is 2.32. The Kier molecular flexibility index (Phi) is 3.85. The van der Waals surface area contributed by atoms with E-state index in [1.54, 1.807) is 0 Å². The molecule has 2 aromatic carbocycles.